The van der Waals surface area contributed by atoms with Crippen molar-refractivity contribution in [3.05, 3.63) is 93.3 Å². The number of amides is 1. The first kappa shape index (κ1) is 38.9. The van der Waals surface area contributed by atoms with E-state index in [9.17, 15) is 32.0 Å². The maximum Gasteiger partial charge on any atom is 0.387 e. The molecule has 51 heavy (non-hydrogen) atoms. The predicted octanol–water partition coefficient (Wildman–Crippen LogP) is 5.32. The van der Waals surface area contributed by atoms with Gasteiger partial charge < -0.3 is 34.7 Å². The molecule has 11 nitrogen and oxygen atoms in total. The first-order valence-corrected chi connectivity index (χ1v) is 19.7. The molecule has 0 unspecified atom stereocenters. The molecule has 5 rings (SSSR count). The molecule has 3 aliphatic rings. The third kappa shape index (κ3) is 10.4. The first-order chi connectivity index (χ1) is 24.4. The van der Waals surface area contributed by atoms with E-state index in [4.69, 9.17) is 32.7 Å². The molecule has 1 amide bonds. The molecule has 276 valence electrons. The molecule has 0 bridgehead atoms. The van der Waals surface area contributed by atoms with Gasteiger partial charge in [-0.05, 0) is 66.3 Å². The lowest BCUT2D eigenvalue weighted by molar-refractivity contribution is -0.515. The minimum atomic E-state index is -3.11. The third-order valence-corrected chi connectivity index (χ3v) is 12.0. The maximum absolute atomic E-state index is 13.9. The fourth-order valence-corrected chi connectivity index (χ4v) is 8.31. The van der Waals surface area contributed by atoms with Crippen LogP contribution >= 0.6 is 35.0 Å². The molecule has 2 saturated heterocycles. The van der Waals surface area contributed by atoms with Crippen LogP contribution in [-0.2, 0) is 19.4 Å². The number of halogens is 4. The Kier molecular flexibility index (Phi) is 13.3. The minimum absolute atomic E-state index is 0.0253. The van der Waals surface area contributed by atoms with Crippen molar-refractivity contribution in [2.45, 2.75) is 37.4 Å². The number of hydrogen-bond donors (Lipinski definition) is 1. The van der Waals surface area contributed by atoms with Crippen molar-refractivity contribution >= 4 is 62.4 Å². The topological polar surface area (TPSA) is 142 Å². The van der Waals surface area contributed by atoms with Crippen LogP contribution in [0.5, 0.6) is 11.5 Å². The molecule has 0 radical (unpaired) electrons. The summed E-state index contributed by atoms with van der Waals surface area (Å²) in [5, 5.41) is 10.3. The number of ether oxygens (including phenoxy) is 3. The van der Waals surface area contributed by atoms with Crippen molar-refractivity contribution in [2.24, 2.45) is 5.92 Å². The minimum Gasteiger partial charge on any atom is -0.631 e. The summed E-state index contributed by atoms with van der Waals surface area (Å²) in [6.07, 6.45) is 3.00. The van der Waals surface area contributed by atoms with Crippen LogP contribution in [0.15, 0.2) is 77.0 Å². The van der Waals surface area contributed by atoms with E-state index < -0.39 is 39.8 Å². The van der Waals surface area contributed by atoms with E-state index in [0.717, 1.165) is 24.7 Å². The van der Waals surface area contributed by atoms with E-state index in [2.05, 4.69) is 11.3 Å². The number of allylic oxidation sites excluding steroid dienone is 3. The highest BCUT2D eigenvalue weighted by molar-refractivity contribution is 8.00. The van der Waals surface area contributed by atoms with Gasteiger partial charge in [0, 0.05) is 48.1 Å². The Balaban J connectivity index is 1.39. The Morgan fingerprint density at radius 1 is 1.08 bits per heavy atom. The number of esters is 1. The molecule has 2 N–H and O–H groups in total. The quantitative estimate of drug-likeness (QED) is 0.143. The largest absolute Gasteiger partial charge is 0.631 e. The van der Waals surface area contributed by atoms with Crippen LogP contribution in [0.1, 0.15) is 41.3 Å². The Morgan fingerprint density at radius 2 is 1.78 bits per heavy atom. The van der Waals surface area contributed by atoms with Gasteiger partial charge in [-0.3, -0.25) is 4.79 Å². The average Bonchev–Trinajstić information content (AvgIpc) is 3.81. The van der Waals surface area contributed by atoms with E-state index in [1.807, 2.05) is 4.90 Å². The van der Waals surface area contributed by atoms with Crippen LogP contribution in [0.4, 0.5) is 14.5 Å². The molecule has 2 aromatic rings. The van der Waals surface area contributed by atoms with Gasteiger partial charge in [-0.15, -0.1) is 11.8 Å². The number of alkyl halides is 2. The Morgan fingerprint density at radius 3 is 2.41 bits per heavy atom. The zero-order valence-corrected chi connectivity index (χ0v) is 30.5. The number of carbonyl (C=O) groups excluding carboxylic acids is 2. The zero-order chi connectivity index (χ0) is 36.7. The predicted molar refractivity (Wildman–Crippen MR) is 192 cm³/mol. The normalized spacial score (nSPS) is 20.1. The SMILES string of the molecule is C=C/C(Cl)=C(C[C@H](OC(=O)[C@@H]1SCCN1C(=O)c1ccc(N2CCS(=O)(=O)CC2)cc1)c1ccc(OC(F)F)c(OCC2CC2)c1)\C(Cl)=C/[NH2+][O-]. The summed E-state index contributed by atoms with van der Waals surface area (Å²) in [5.74, 6) is -0.461. The zero-order valence-electron chi connectivity index (χ0n) is 27.3. The van der Waals surface area contributed by atoms with Gasteiger partial charge >= 0.3 is 12.6 Å². The molecule has 1 saturated carbocycles. The molecule has 1 aliphatic carbocycles. The van der Waals surface area contributed by atoms with Crippen LogP contribution in [0.3, 0.4) is 0 Å². The van der Waals surface area contributed by atoms with Crippen molar-refractivity contribution in [2.75, 3.05) is 48.4 Å². The van der Waals surface area contributed by atoms with E-state index >= 15 is 0 Å². The average molecular weight is 789 g/mol. The smallest absolute Gasteiger partial charge is 0.387 e. The number of rotatable bonds is 15. The number of quaternary nitrogens is 1. The second-order valence-corrected chi connectivity index (χ2v) is 16.4. The van der Waals surface area contributed by atoms with Gasteiger partial charge in [-0.25, -0.2) is 13.2 Å². The number of hydroxylamine groups is 1. The molecule has 17 heteroatoms. The van der Waals surface area contributed by atoms with Gasteiger partial charge in [0.15, 0.2) is 26.7 Å². The van der Waals surface area contributed by atoms with Crippen molar-refractivity contribution in [3.8, 4) is 11.5 Å². The van der Waals surface area contributed by atoms with Crippen molar-refractivity contribution in [3.63, 3.8) is 0 Å². The maximum atomic E-state index is 13.9. The monoisotopic (exact) mass is 787 g/mol. The highest BCUT2D eigenvalue weighted by atomic mass is 35.5. The Bertz CT molecular complexity index is 1760. The van der Waals surface area contributed by atoms with Gasteiger partial charge in [0.1, 0.15) is 12.3 Å². The lowest BCUT2D eigenvalue weighted by atomic mass is 9.99. The van der Waals surface area contributed by atoms with Gasteiger partial charge in [0.25, 0.3) is 5.91 Å². The summed E-state index contributed by atoms with van der Waals surface area (Å²) < 4.78 is 66.8. The molecule has 3 fully saturated rings. The highest BCUT2D eigenvalue weighted by Crippen LogP contribution is 2.40. The summed E-state index contributed by atoms with van der Waals surface area (Å²) >= 11 is 14.1. The Labute approximate surface area is 309 Å². The summed E-state index contributed by atoms with van der Waals surface area (Å²) in [6.45, 7) is 1.82. The lowest BCUT2D eigenvalue weighted by Gasteiger charge is -2.29. The van der Waals surface area contributed by atoms with Crippen LogP contribution in [0, 0.1) is 11.1 Å². The number of sulfone groups is 1. The van der Waals surface area contributed by atoms with Crippen LogP contribution in [-0.4, -0.2) is 80.7 Å². The van der Waals surface area contributed by atoms with Crippen molar-refractivity contribution < 1.29 is 46.5 Å². The third-order valence-electron chi connectivity index (χ3n) is 8.52. The van der Waals surface area contributed by atoms with Crippen molar-refractivity contribution in [1.82, 2.24) is 4.90 Å². The fraction of sp³-hybridized carbons (Fsp3) is 0.412. The molecule has 2 aromatic carbocycles. The second-order valence-electron chi connectivity index (χ2n) is 12.1. The Hall–Kier alpha value is -3.34. The highest BCUT2D eigenvalue weighted by Gasteiger charge is 2.38. The van der Waals surface area contributed by atoms with E-state index in [1.165, 1.54) is 40.9 Å². The van der Waals surface area contributed by atoms with Gasteiger partial charge in [0.05, 0.1) is 23.1 Å². The number of thioether (sulfide) groups is 1. The standard InChI is InChI=1S/C34H37Cl2F2N3O8S2/c1-2-26(35)25(27(36)19-39-44)18-29(23-7-10-28(49-34(37)38)30(17-23)47-20-21-3-4-21)48-33(43)32-41(11-14-50-32)31(42)22-5-8-24(9-6-22)40-12-15-51(45,46)16-13-40/h2,5-10,17,19,21,29,32,34H,1,3-4,11-16,18,20,39H2/b26-25+,27-19+/t29-,32-/m0/s1. The summed E-state index contributed by atoms with van der Waals surface area (Å²) in [6, 6.07) is 10.9. The van der Waals surface area contributed by atoms with Gasteiger partial charge in [-0.1, -0.05) is 41.9 Å². The van der Waals surface area contributed by atoms with Gasteiger partial charge in [0.2, 0.25) is 0 Å². The summed E-state index contributed by atoms with van der Waals surface area (Å²) in [7, 11) is -3.05. The molecule has 2 atom stereocenters. The number of carbonyl (C=O) groups is 2. The number of hydrogen-bond acceptors (Lipinski definition) is 10. The van der Waals surface area contributed by atoms with E-state index in [0.29, 0.717) is 35.4 Å². The summed E-state index contributed by atoms with van der Waals surface area (Å²) in [4.78, 5) is 30.9. The molecular formula is C34H37Cl2F2N3O8S2. The molecular weight excluding hydrogens is 751 g/mol. The molecule has 2 aliphatic heterocycles. The van der Waals surface area contributed by atoms with E-state index in [1.54, 1.807) is 24.3 Å². The van der Waals surface area contributed by atoms with Crippen LogP contribution < -0.4 is 19.9 Å². The molecule has 0 aromatic heterocycles. The fourth-order valence-electron chi connectivity index (χ4n) is 5.55. The summed E-state index contributed by atoms with van der Waals surface area (Å²) in [5.41, 5.74) is 2.15. The lowest BCUT2D eigenvalue weighted by Crippen LogP contribution is -2.70. The molecule has 2 heterocycles. The first-order valence-electron chi connectivity index (χ1n) is 16.1. The van der Waals surface area contributed by atoms with Gasteiger partial charge in [-0.2, -0.15) is 8.78 Å². The number of benzene rings is 2. The number of nitrogens with zero attached hydrogens (tertiary/aromatic N) is 2. The van der Waals surface area contributed by atoms with Crippen molar-refractivity contribution in [1.29, 1.82) is 0 Å². The van der Waals surface area contributed by atoms with E-state index in [-0.39, 0.29) is 64.1 Å². The second kappa shape index (κ2) is 17.5. The van der Waals surface area contributed by atoms with Crippen LogP contribution in [0.2, 0.25) is 0 Å². The number of anilines is 1. The number of nitrogens with two attached hydrogens (primary N) is 1. The molecule has 0 spiro atoms. The van der Waals surface area contributed by atoms with Crippen LogP contribution in [0.25, 0.3) is 0 Å².